The number of pyridine rings is 1. The van der Waals surface area contributed by atoms with E-state index in [4.69, 9.17) is 14.5 Å². The summed E-state index contributed by atoms with van der Waals surface area (Å²) in [7, 11) is 1.76. The lowest BCUT2D eigenvalue weighted by atomic mass is 9.51. The molecule has 0 spiro atoms. The lowest BCUT2D eigenvalue weighted by Crippen LogP contribution is -2.52. The molecule has 9 rings (SSSR count). The van der Waals surface area contributed by atoms with E-state index < -0.39 is 0 Å². The molecule has 3 unspecified atom stereocenters. The molecule has 3 aliphatic heterocycles. The number of fused-ring (bicyclic) bond motifs is 7. The number of hydrogen-bond acceptors (Lipinski definition) is 5. The van der Waals surface area contributed by atoms with Gasteiger partial charge in [-0.25, -0.2) is 4.98 Å². The number of methoxy groups -OCH3 is 1. The normalized spacial score (nSPS) is 36.5. The average Bonchev–Trinajstić information content (AvgIpc) is 3.04. The number of amides is 1. The molecule has 0 N–H and O–H groups in total. The van der Waals surface area contributed by atoms with Gasteiger partial charge in [0.15, 0.2) is 0 Å². The van der Waals surface area contributed by atoms with Crippen LogP contribution in [-0.2, 0) is 14.9 Å². The zero-order valence-corrected chi connectivity index (χ0v) is 25.9. The molecule has 3 atom stereocenters. The van der Waals surface area contributed by atoms with E-state index in [-0.39, 0.29) is 29.1 Å². The Bertz CT molecular complexity index is 1280. The van der Waals surface area contributed by atoms with Gasteiger partial charge < -0.3 is 9.47 Å². The van der Waals surface area contributed by atoms with Crippen LogP contribution < -0.4 is 9.64 Å². The van der Waals surface area contributed by atoms with Crippen molar-refractivity contribution in [2.45, 2.75) is 115 Å². The zero-order chi connectivity index (χ0) is 28.9. The molecule has 6 heteroatoms. The molecule has 5 fully saturated rings. The molecule has 6 nitrogen and oxygen atoms in total. The van der Waals surface area contributed by atoms with Crippen molar-refractivity contribution in [2.24, 2.45) is 11.3 Å². The molecular formula is C36H49N3O3. The van der Waals surface area contributed by atoms with Crippen LogP contribution in [0.15, 0.2) is 36.5 Å². The van der Waals surface area contributed by atoms with Crippen molar-refractivity contribution in [2.75, 3.05) is 31.6 Å². The van der Waals surface area contributed by atoms with Crippen LogP contribution in [0, 0.1) is 18.3 Å². The van der Waals surface area contributed by atoms with E-state index in [1.807, 2.05) is 6.20 Å². The largest absolute Gasteiger partial charge is 0.496 e. The van der Waals surface area contributed by atoms with Gasteiger partial charge in [-0.2, -0.15) is 0 Å². The van der Waals surface area contributed by atoms with Gasteiger partial charge >= 0.3 is 0 Å². The fourth-order valence-electron chi connectivity index (χ4n) is 9.22. The van der Waals surface area contributed by atoms with Crippen molar-refractivity contribution in [3.05, 3.63) is 53.2 Å². The fourth-order valence-corrected chi connectivity index (χ4v) is 9.22. The van der Waals surface area contributed by atoms with Crippen molar-refractivity contribution >= 4 is 11.7 Å². The Balaban J connectivity index is 1.17. The van der Waals surface area contributed by atoms with E-state index in [1.54, 1.807) is 7.11 Å². The van der Waals surface area contributed by atoms with E-state index in [0.717, 1.165) is 56.9 Å². The maximum absolute atomic E-state index is 14.4. The molecule has 4 aliphatic carbocycles. The smallest absolute Gasteiger partial charge is 0.231 e. The van der Waals surface area contributed by atoms with Crippen LogP contribution in [0.25, 0.3) is 0 Å². The highest BCUT2D eigenvalue weighted by Crippen LogP contribution is 2.58. The van der Waals surface area contributed by atoms with Crippen LogP contribution in [0.2, 0.25) is 0 Å². The summed E-state index contributed by atoms with van der Waals surface area (Å²) in [5.41, 5.74) is 4.48. The summed E-state index contributed by atoms with van der Waals surface area (Å²) in [5, 5.41) is 0. The lowest BCUT2D eigenvalue weighted by Gasteiger charge is -2.55. The molecule has 226 valence electrons. The number of aryl methyl sites for hydroxylation is 1. The predicted octanol–water partition coefficient (Wildman–Crippen LogP) is 7.14. The quantitative estimate of drug-likeness (QED) is 0.391. The van der Waals surface area contributed by atoms with Gasteiger partial charge in [0.1, 0.15) is 17.8 Å². The summed E-state index contributed by atoms with van der Waals surface area (Å²) < 4.78 is 12.1. The number of ether oxygens (including phenoxy) is 2. The fraction of sp³-hybridized carbons (Fsp3) is 0.667. The first-order valence-electron chi connectivity index (χ1n) is 16.7. The number of rotatable bonds is 4. The van der Waals surface area contributed by atoms with Crippen LogP contribution in [-0.4, -0.2) is 54.9 Å². The predicted molar refractivity (Wildman–Crippen MR) is 166 cm³/mol. The monoisotopic (exact) mass is 571 g/mol. The first-order valence-corrected chi connectivity index (χ1v) is 16.7. The molecule has 1 amide bonds. The molecule has 1 aromatic heterocycles. The summed E-state index contributed by atoms with van der Waals surface area (Å²) in [6.45, 7) is 7.32. The second kappa shape index (κ2) is 11.2. The van der Waals surface area contributed by atoms with Gasteiger partial charge in [0.25, 0.3) is 0 Å². The van der Waals surface area contributed by atoms with Crippen LogP contribution >= 0.6 is 0 Å². The summed E-state index contributed by atoms with van der Waals surface area (Å²) in [6.07, 6.45) is 15.7. The minimum atomic E-state index is 0.0679. The summed E-state index contributed by atoms with van der Waals surface area (Å²) in [4.78, 5) is 24.0. The number of benzene rings is 1. The Labute approximate surface area is 252 Å². The van der Waals surface area contributed by atoms with Crippen molar-refractivity contribution < 1.29 is 14.3 Å². The van der Waals surface area contributed by atoms with E-state index in [1.165, 1.54) is 68.1 Å². The average molecular weight is 572 g/mol. The van der Waals surface area contributed by atoms with Crippen molar-refractivity contribution in [1.82, 2.24) is 9.88 Å². The Morgan fingerprint density at radius 1 is 0.976 bits per heavy atom. The molecule has 8 bridgehead atoms. The number of carbonyl (C=O) groups is 1. The summed E-state index contributed by atoms with van der Waals surface area (Å²) in [6, 6.07) is 11.3. The Morgan fingerprint density at radius 3 is 2.45 bits per heavy atom. The number of hydrogen-bond donors (Lipinski definition) is 0. The van der Waals surface area contributed by atoms with Gasteiger partial charge in [0, 0.05) is 31.7 Å². The van der Waals surface area contributed by atoms with Crippen LogP contribution in [0.4, 0.5) is 5.82 Å². The van der Waals surface area contributed by atoms with E-state index >= 15 is 0 Å². The topological polar surface area (TPSA) is 54.9 Å². The van der Waals surface area contributed by atoms with Gasteiger partial charge in [0.05, 0.1) is 13.2 Å². The molecule has 7 aliphatic rings. The van der Waals surface area contributed by atoms with E-state index in [9.17, 15) is 4.79 Å². The number of aromatic nitrogens is 1. The second-order valence-electron chi connectivity index (χ2n) is 14.4. The first kappa shape index (κ1) is 28.3. The molecule has 1 saturated heterocycles. The number of carbonyl (C=O) groups excluding carboxylic acids is 1. The third kappa shape index (κ3) is 5.17. The minimum Gasteiger partial charge on any atom is -0.496 e. The molecular weight excluding hydrogens is 522 g/mol. The Morgan fingerprint density at radius 2 is 1.74 bits per heavy atom. The van der Waals surface area contributed by atoms with Crippen molar-refractivity contribution in [3.8, 4) is 5.75 Å². The highest BCUT2D eigenvalue weighted by Gasteiger charge is 2.51. The minimum absolute atomic E-state index is 0.0679. The number of nitrogens with zero attached hydrogens (tertiary/aromatic N) is 3. The summed E-state index contributed by atoms with van der Waals surface area (Å²) in [5.74, 6) is 2.69. The SMILES string of the molecule is COc1ccc(C23CCC(CN4C(=O)C5CCC(CC5)OC(C)N5CCCC(C5)c5ccnc4c5)(CC2)CC3)cc1C. The van der Waals surface area contributed by atoms with Crippen LogP contribution in [0.5, 0.6) is 5.75 Å². The van der Waals surface area contributed by atoms with E-state index in [2.05, 4.69) is 54.0 Å². The number of anilines is 1. The van der Waals surface area contributed by atoms with Gasteiger partial charge in [-0.1, -0.05) is 12.1 Å². The zero-order valence-electron chi connectivity index (χ0n) is 25.9. The molecule has 4 heterocycles. The van der Waals surface area contributed by atoms with Gasteiger partial charge in [-0.3, -0.25) is 14.6 Å². The molecule has 4 saturated carbocycles. The Hall–Kier alpha value is -2.44. The lowest BCUT2D eigenvalue weighted by molar-refractivity contribution is -0.129. The molecule has 0 radical (unpaired) electrons. The van der Waals surface area contributed by atoms with Gasteiger partial charge in [0.2, 0.25) is 5.91 Å². The molecule has 2 aromatic rings. The second-order valence-corrected chi connectivity index (χ2v) is 14.4. The van der Waals surface area contributed by atoms with E-state index in [0.29, 0.717) is 11.8 Å². The number of piperidine rings is 1. The third-order valence-corrected chi connectivity index (χ3v) is 12.1. The maximum atomic E-state index is 14.4. The van der Waals surface area contributed by atoms with Crippen molar-refractivity contribution in [1.29, 1.82) is 0 Å². The Kier molecular flexibility index (Phi) is 7.59. The standard InChI is InChI=1S/C36H49N3O3/c1-25-21-30(8-11-32(25)41-3)36-16-13-35(14-17-36,15-18-36)24-39-33-22-28(12-19-37-33)29-5-4-20-38(23-29)26(2)42-31-9-6-27(7-10-31)34(39)40/h8,11-12,19,21-22,26-27,29,31H,4-7,9-10,13-18,20,23-24H2,1-3H3. The first-order chi connectivity index (χ1) is 20.4. The molecule has 42 heavy (non-hydrogen) atoms. The third-order valence-electron chi connectivity index (χ3n) is 12.1. The van der Waals surface area contributed by atoms with Gasteiger partial charge in [-0.05, 0) is 143 Å². The highest BCUT2D eigenvalue weighted by molar-refractivity contribution is 5.94. The highest BCUT2D eigenvalue weighted by atomic mass is 16.5. The van der Waals surface area contributed by atoms with Gasteiger partial charge in [-0.15, -0.1) is 0 Å². The summed E-state index contributed by atoms with van der Waals surface area (Å²) >= 11 is 0. The van der Waals surface area contributed by atoms with Crippen LogP contribution in [0.3, 0.4) is 0 Å². The maximum Gasteiger partial charge on any atom is 0.231 e. The van der Waals surface area contributed by atoms with Crippen LogP contribution in [0.1, 0.15) is 107 Å². The van der Waals surface area contributed by atoms with Crippen molar-refractivity contribution in [3.63, 3.8) is 0 Å². The molecule has 1 aromatic carbocycles.